The summed E-state index contributed by atoms with van der Waals surface area (Å²) in [6, 6.07) is 18.0. The van der Waals surface area contributed by atoms with Gasteiger partial charge in [0.05, 0.1) is 12.2 Å². The Balaban J connectivity index is 1.69. The molecule has 130 valence electrons. The monoisotopic (exact) mass is 366 g/mol. The van der Waals surface area contributed by atoms with Gasteiger partial charge < -0.3 is 14.4 Å². The van der Waals surface area contributed by atoms with Gasteiger partial charge in [0.25, 0.3) is 5.91 Å². The number of rotatable bonds is 4. The molecule has 1 aromatic heterocycles. The Morgan fingerprint density at radius 2 is 1.85 bits per heavy atom. The second-order valence-corrected chi connectivity index (χ2v) is 6.19. The number of amides is 1. The van der Waals surface area contributed by atoms with Crippen LogP contribution in [0.25, 0.3) is 0 Å². The van der Waals surface area contributed by atoms with Gasteiger partial charge in [-0.1, -0.05) is 17.7 Å². The zero-order valence-electron chi connectivity index (χ0n) is 13.8. The molecule has 0 saturated carbocycles. The van der Waals surface area contributed by atoms with E-state index in [1.54, 1.807) is 41.4 Å². The molecule has 0 unspecified atom stereocenters. The standard InChI is InChI=1S/C20H15ClN2O3/c21-15-5-7-17(8-6-15)23(12-16-3-1-2-10-22-16)20(24)14-4-9-18-19(11-14)26-13-25-18/h1-11H,12-13H2. The van der Waals surface area contributed by atoms with Crippen LogP contribution in [-0.4, -0.2) is 17.7 Å². The molecule has 1 aliphatic heterocycles. The van der Waals surface area contributed by atoms with Crippen LogP contribution in [0.5, 0.6) is 11.5 Å². The number of ether oxygens (including phenoxy) is 2. The van der Waals surface area contributed by atoms with E-state index in [9.17, 15) is 4.79 Å². The molecule has 4 rings (SSSR count). The van der Waals surface area contributed by atoms with E-state index in [2.05, 4.69) is 4.98 Å². The van der Waals surface area contributed by atoms with Crippen molar-refractivity contribution in [2.45, 2.75) is 6.54 Å². The van der Waals surface area contributed by atoms with E-state index in [-0.39, 0.29) is 12.7 Å². The van der Waals surface area contributed by atoms with Gasteiger partial charge in [0.2, 0.25) is 6.79 Å². The van der Waals surface area contributed by atoms with E-state index in [1.165, 1.54) is 0 Å². The van der Waals surface area contributed by atoms with Crippen molar-refractivity contribution >= 4 is 23.2 Å². The van der Waals surface area contributed by atoms with Crippen LogP contribution in [0.4, 0.5) is 5.69 Å². The maximum atomic E-state index is 13.2. The van der Waals surface area contributed by atoms with E-state index < -0.39 is 0 Å². The molecule has 6 heteroatoms. The molecular formula is C20H15ClN2O3. The van der Waals surface area contributed by atoms with Crippen LogP contribution >= 0.6 is 11.6 Å². The molecule has 0 N–H and O–H groups in total. The highest BCUT2D eigenvalue weighted by atomic mass is 35.5. The summed E-state index contributed by atoms with van der Waals surface area (Å²) in [7, 11) is 0. The van der Waals surface area contributed by atoms with Gasteiger partial charge in [-0.15, -0.1) is 0 Å². The van der Waals surface area contributed by atoms with Crippen molar-refractivity contribution in [3.05, 3.63) is 83.1 Å². The van der Waals surface area contributed by atoms with Crippen molar-refractivity contribution in [2.24, 2.45) is 0 Å². The first kappa shape index (κ1) is 16.4. The number of aromatic nitrogens is 1. The maximum absolute atomic E-state index is 13.2. The number of benzene rings is 2. The fourth-order valence-electron chi connectivity index (χ4n) is 2.74. The van der Waals surface area contributed by atoms with E-state index in [4.69, 9.17) is 21.1 Å². The van der Waals surface area contributed by atoms with Crippen LogP contribution in [-0.2, 0) is 6.54 Å². The summed E-state index contributed by atoms with van der Waals surface area (Å²) in [5.74, 6) is 1.06. The van der Waals surface area contributed by atoms with Gasteiger partial charge in [-0.3, -0.25) is 9.78 Å². The summed E-state index contributed by atoms with van der Waals surface area (Å²) >= 11 is 5.99. The quantitative estimate of drug-likeness (QED) is 0.690. The highest BCUT2D eigenvalue weighted by molar-refractivity contribution is 6.30. The third-order valence-corrected chi connectivity index (χ3v) is 4.30. The van der Waals surface area contributed by atoms with E-state index in [0.717, 1.165) is 11.4 Å². The lowest BCUT2D eigenvalue weighted by Crippen LogP contribution is -2.30. The third kappa shape index (κ3) is 3.34. The lowest BCUT2D eigenvalue weighted by Gasteiger charge is -2.23. The molecule has 26 heavy (non-hydrogen) atoms. The number of pyridine rings is 1. The predicted octanol–water partition coefficient (Wildman–Crippen LogP) is 4.31. The van der Waals surface area contributed by atoms with Crippen LogP contribution in [0.2, 0.25) is 5.02 Å². The SMILES string of the molecule is O=C(c1ccc2c(c1)OCO2)N(Cc1ccccn1)c1ccc(Cl)cc1. The first-order valence-electron chi connectivity index (χ1n) is 8.08. The lowest BCUT2D eigenvalue weighted by atomic mass is 10.1. The third-order valence-electron chi connectivity index (χ3n) is 4.05. The van der Waals surface area contributed by atoms with Crippen LogP contribution in [0.3, 0.4) is 0 Å². The number of fused-ring (bicyclic) bond motifs is 1. The van der Waals surface area contributed by atoms with Crippen molar-refractivity contribution in [1.82, 2.24) is 4.98 Å². The van der Waals surface area contributed by atoms with Crippen molar-refractivity contribution in [1.29, 1.82) is 0 Å². The second-order valence-electron chi connectivity index (χ2n) is 5.76. The maximum Gasteiger partial charge on any atom is 0.258 e. The smallest absolute Gasteiger partial charge is 0.258 e. The topological polar surface area (TPSA) is 51.7 Å². The van der Waals surface area contributed by atoms with Gasteiger partial charge in [0, 0.05) is 22.5 Å². The minimum absolute atomic E-state index is 0.156. The molecule has 0 aliphatic carbocycles. The molecule has 1 amide bonds. The van der Waals surface area contributed by atoms with Crippen LogP contribution in [0.15, 0.2) is 66.9 Å². The van der Waals surface area contributed by atoms with Crippen molar-refractivity contribution in [2.75, 3.05) is 11.7 Å². The summed E-state index contributed by atoms with van der Waals surface area (Å²) in [6.07, 6.45) is 1.71. The molecule has 5 nitrogen and oxygen atoms in total. The summed E-state index contributed by atoms with van der Waals surface area (Å²) < 4.78 is 10.7. The van der Waals surface area contributed by atoms with Crippen molar-refractivity contribution < 1.29 is 14.3 Å². The molecule has 3 aromatic rings. The van der Waals surface area contributed by atoms with Crippen LogP contribution < -0.4 is 14.4 Å². The zero-order valence-corrected chi connectivity index (χ0v) is 14.5. The Morgan fingerprint density at radius 3 is 2.62 bits per heavy atom. The molecule has 0 bridgehead atoms. The fraction of sp³-hybridized carbons (Fsp3) is 0.100. The van der Waals surface area contributed by atoms with Gasteiger partial charge in [-0.2, -0.15) is 0 Å². The van der Waals surface area contributed by atoms with Gasteiger partial charge >= 0.3 is 0 Å². The van der Waals surface area contributed by atoms with Gasteiger partial charge in [-0.05, 0) is 54.6 Å². The molecule has 0 fully saturated rings. The van der Waals surface area contributed by atoms with E-state index in [0.29, 0.717) is 28.6 Å². The first-order valence-corrected chi connectivity index (χ1v) is 8.45. The number of halogens is 1. The summed E-state index contributed by atoms with van der Waals surface area (Å²) in [5.41, 5.74) is 2.04. The second kappa shape index (κ2) is 7.06. The molecule has 0 atom stereocenters. The number of hydrogen-bond donors (Lipinski definition) is 0. The number of hydrogen-bond acceptors (Lipinski definition) is 4. The Bertz CT molecular complexity index is 930. The van der Waals surface area contributed by atoms with Crippen LogP contribution in [0, 0.1) is 0 Å². The fourth-order valence-corrected chi connectivity index (χ4v) is 2.87. The lowest BCUT2D eigenvalue weighted by molar-refractivity contribution is 0.0984. The molecule has 2 heterocycles. The van der Waals surface area contributed by atoms with Crippen molar-refractivity contribution in [3.8, 4) is 11.5 Å². The predicted molar refractivity (Wildman–Crippen MR) is 98.8 cm³/mol. The minimum Gasteiger partial charge on any atom is -0.454 e. The molecular weight excluding hydrogens is 352 g/mol. The first-order chi connectivity index (χ1) is 12.7. The Morgan fingerprint density at radius 1 is 1.04 bits per heavy atom. The van der Waals surface area contributed by atoms with Crippen LogP contribution in [0.1, 0.15) is 16.1 Å². The average molecular weight is 367 g/mol. The van der Waals surface area contributed by atoms with E-state index >= 15 is 0 Å². The summed E-state index contributed by atoms with van der Waals surface area (Å²) in [5, 5.41) is 0.613. The highest BCUT2D eigenvalue weighted by Gasteiger charge is 2.22. The summed E-state index contributed by atoms with van der Waals surface area (Å²) in [6.45, 7) is 0.511. The normalized spacial score (nSPS) is 12.0. The zero-order chi connectivity index (χ0) is 17.9. The van der Waals surface area contributed by atoms with Gasteiger partial charge in [0.1, 0.15) is 0 Å². The molecule has 0 saturated heterocycles. The number of nitrogens with zero attached hydrogens (tertiary/aromatic N) is 2. The molecule has 0 radical (unpaired) electrons. The van der Waals surface area contributed by atoms with E-state index in [1.807, 2.05) is 30.3 Å². The van der Waals surface area contributed by atoms with Gasteiger partial charge in [0.15, 0.2) is 11.5 Å². The minimum atomic E-state index is -0.156. The number of carbonyl (C=O) groups excluding carboxylic acids is 1. The number of anilines is 1. The molecule has 2 aromatic carbocycles. The highest BCUT2D eigenvalue weighted by Crippen LogP contribution is 2.33. The Labute approximate surface area is 155 Å². The number of carbonyl (C=O) groups is 1. The van der Waals surface area contributed by atoms with Gasteiger partial charge in [-0.25, -0.2) is 0 Å². The molecule has 1 aliphatic rings. The Hall–Kier alpha value is -3.05. The largest absolute Gasteiger partial charge is 0.454 e. The average Bonchev–Trinajstić information content (AvgIpc) is 3.15. The van der Waals surface area contributed by atoms with Crippen molar-refractivity contribution in [3.63, 3.8) is 0 Å². The molecule has 0 spiro atoms. The Kier molecular flexibility index (Phi) is 4.46. The summed E-state index contributed by atoms with van der Waals surface area (Å²) in [4.78, 5) is 19.2.